The van der Waals surface area contributed by atoms with Crippen molar-refractivity contribution >= 4 is 34.1 Å². The van der Waals surface area contributed by atoms with Gasteiger partial charge in [-0.3, -0.25) is 4.79 Å². The van der Waals surface area contributed by atoms with Gasteiger partial charge in [0.15, 0.2) is 0 Å². The molecule has 32 heavy (non-hydrogen) atoms. The molecule has 2 N–H and O–H groups in total. The molecule has 168 valence electrons. The summed E-state index contributed by atoms with van der Waals surface area (Å²) in [4.78, 5) is 26.7. The first-order valence-electron chi connectivity index (χ1n) is 10.4. The van der Waals surface area contributed by atoms with Crippen LogP contribution in [0.4, 0.5) is 15.6 Å². The lowest BCUT2D eigenvalue weighted by Gasteiger charge is -2.22. The predicted molar refractivity (Wildman–Crippen MR) is 127 cm³/mol. The molecule has 2 aromatic carbocycles. The van der Waals surface area contributed by atoms with E-state index in [9.17, 15) is 9.59 Å². The fraction of sp³-hybridized carbons (Fsp3) is 0.304. The Bertz CT molecular complexity index is 1030. The number of hydrogen-bond acceptors (Lipinski definition) is 6. The molecule has 0 fully saturated rings. The second kappa shape index (κ2) is 11.2. The molecule has 8 nitrogen and oxygen atoms in total. The zero-order valence-electron chi connectivity index (χ0n) is 18.4. The molecule has 0 unspecified atom stereocenters. The second-order valence-corrected chi connectivity index (χ2v) is 8.20. The van der Waals surface area contributed by atoms with E-state index in [1.165, 1.54) is 11.3 Å². The molecule has 0 atom stereocenters. The van der Waals surface area contributed by atoms with Gasteiger partial charge in [-0.2, -0.15) is 0 Å². The molecule has 0 radical (unpaired) electrons. The van der Waals surface area contributed by atoms with Crippen LogP contribution >= 0.6 is 11.3 Å². The van der Waals surface area contributed by atoms with Gasteiger partial charge in [0, 0.05) is 30.8 Å². The number of methoxy groups -OCH3 is 1. The van der Waals surface area contributed by atoms with E-state index in [4.69, 9.17) is 4.74 Å². The number of benzene rings is 2. The van der Waals surface area contributed by atoms with Crippen molar-refractivity contribution in [3.8, 4) is 16.3 Å². The SMILES string of the molecule is CCCN(CCC(=O)Nc1nnc(-c2ccc(OC)cc2)s1)C(=O)Nc1ccc(C)cc1. The Balaban J connectivity index is 1.53. The predicted octanol–water partition coefficient (Wildman–Crippen LogP) is 4.79. The molecule has 1 aromatic heterocycles. The Morgan fingerprint density at radius 3 is 2.38 bits per heavy atom. The first-order valence-corrected chi connectivity index (χ1v) is 11.2. The fourth-order valence-electron chi connectivity index (χ4n) is 2.97. The minimum Gasteiger partial charge on any atom is -0.497 e. The van der Waals surface area contributed by atoms with Crippen molar-refractivity contribution in [3.63, 3.8) is 0 Å². The number of hydrogen-bond donors (Lipinski definition) is 2. The number of carbonyl (C=O) groups is 2. The van der Waals surface area contributed by atoms with Crippen LogP contribution in [0.1, 0.15) is 25.3 Å². The van der Waals surface area contributed by atoms with Crippen molar-refractivity contribution in [1.29, 1.82) is 0 Å². The standard InChI is InChI=1S/C23H27N5O3S/c1-4-14-28(23(30)24-18-9-5-16(2)6-10-18)15-13-20(29)25-22-27-26-21(32-22)17-7-11-19(31-3)12-8-17/h5-12H,4,13-15H2,1-3H3,(H,24,30)(H,25,27,29). The summed E-state index contributed by atoms with van der Waals surface area (Å²) in [6.45, 7) is 4.85. The maximum atomic E-state index is 12.6. The molecule has 3 amide bonds. The molecular weight excluding hydrogens is 426 g/mol. The van der Waals surface area contributed by atoms with E-state index in [2.05, 4.69) is 20.8 Å². The van der Waals surface area contributed by atoms with Gasteiger partial charge in [0.25, 0.3) is 0 Å². The molecule has 0 bridgehead atoms. The zero-order valence-corrected chi connectivity index (χ0v) is 19.2. The topological polar surface area (TPSA) is 96.5 Å². The average Bonchev–Trinajstić information content (AvgIpc) is 3.26. The molecular formula is C23H27N5O3S. The number of amides is 3. The van der Waals surface area contributed by atoms with Gasteiger partial charge in [-0.25, -0.2) is 4.79 Å². The van der Waals surface area contributed by atoms with Crippen molar-refractivity contribution in [2.24, 2.45) is 0 Å². The van der Waals surface area contributed by atoms with Gasteiger partial charge in [-0.15, -0.1) is 10.2 Å². The third kappa shape index (κ3) is 6.52. The van der Waals surface area contributed by atoms with Gasteiger partial charge in [0.05, 0.1) is 7.11 Å². The van der Waals surface area contributed by atoms with E-state index < -0.39 is 0 Å². The largest absolute Gasteiger partial charge is 0.497 e. The van der Waals surface area contributed by atoms with Crippen LogP contribution in [0.3, 0.4) is 0 Å². The van der Waals surface area contributed by atoms with Crippen molar-refractivity contribution in [2.75, 3.05) is 30.8 Å². The number of nitrogens with one attached hydrogen (secondary N) is 2. The summed E-state index contributed by atoms with van der Waals surface area (Å²) in [5.41, 5.74) is 2.74. The lowest BCUT2D eigenvalue weighted by atomic mass is 10.2. The van der Waals surface area contributed by atoms with Crippen molar-refractivity contribution < 1.29 is 14.3 Å². The minimum absolute atomic E-state index is 0.165. The number of rotatable bonds is 9. The van der Waals surface area contributed by atoms with Crippen LogP contribution < -0.4 is 15.4 Å². The van der Waals surface area contributed by atoms with Crippen LogP contribution in [0.15, 0.2) is 48.5 Å². The van der Waals surface area contributed by atoms with E-state index in [1.807, 2.05) is 62.4 Å². The average molecular weight is 454 g/mol. The Morgan fingerprint density at radius 2 is 1.72 bits per heavy atom. The maximum absolute atomic E-state index is 12.6. The van der Waals surface area contributed by atoms with Crippen LogP contribution in [0.2, 0.25) is 0 Å². The zero-order chi connectivity index (χ0) is 22.9. The van der Waals surface area contributed by atoms with Gasteiger partial charge >= 0.3 is 6.03 Å². The number of anilines is 2. The highest BCUT2D eigenvalue weighted by Gasteiger charge is 2.16. The Hall–Kier alpha value is -3.46. The highest BCUT2D eigenvalue weighted by Crippen LogP contribution is 2.27. The second-order valence-electron chi connectivity index (χ2n) is 7.22. The third-order valence-electron chi connectivity index (χ3n) is 4.70. The molecule has 0 aliphatic heterocycles. The van der Waals surface area contributed by atoms with Crippen LogP contribution in [0, 0.1) is 6.92 Å². The third-order valence-corrected chi connectivity index (χ3v) is 5.59. The summed E-state index contributed by atoms with van der Waals surface area (Å²) in [6, 6.07) is 14.9. The van der Waals surface area contributed by atoms with Crippen molar-refractivity contribution in [1.82, 2.24) is 15.1 Å². The monoisotopic (exact) mass is 453 g/mol. The highest BCUT2D eigenvalue weighted by molar-refractivity contribution is 7.18. The van der Waals surface area contributed by atoms with E-state index in [0.717, 1.165) is 29.0 Å². The number of ether oxygens (including phenoxy) is 1. The first kappa shape index (κ1) is 23.2. The van der Waals surface area contributed by atoms with E-state index >= 15 is 0 Å². The number of aromatic nitrogens is 2. The molecule has 3 aromatic rings. The van der Waals surface area contributed by atoms with E-state index in [1.54, 1.807) is 12.0 Å². The fourth-order valence-corrected chi connectivity index (χ4v) is 3.73. The molecule has 0 saturated carbocycles. The number of urea groups is 1. The molecule has 3 rings (SSSR count). The number of aryl methyl sites for hydroxylation is 1. The molecule has 0 aliphatic rings. The summed E-state index contributed by atoms with van der Waals surface area (Å²) in [7, 11) is 1.61. The molecule has 0 spiro atoms. The molecule has 0 saturated heterocycles. The van der Waals surface area contributed by atoms with Gasteiger partial charge in [0.2, 0.25) is 11.0 Å². The van der Waals surface area contributed by atoms with E-state index in [0.29, 0.717) is 23.2 Å². The number of nitrogens with zero attached hydrogens (tertiary/aromatic N) is 3. The lowest BCUT2D eigenvalue weighted by Crippen LogP contribution is -2.37. The van der Waals surface area contributed by atoms with Gasteiger partial charge < -0.3 is 20.3 Å². The quantitative estimate of drug-likeness (QED) is 0.485. The summed E-state index contributed by atoms with van der Waals surface area (Å²) in [5.74, 6) is 0.543. The molecule has 1 heterocycles. The summed E-state index contributed by atoms with van der Waals surface area (Å²) in [5, 5.41) is 15.0. The first-order chi connectivity index (χ1) is 15.5. The van der Waals surface area contributed by atoms with Crippen LogP contribution in [-0.4, -0.2) is 47.2 Å². The van der Waals surface area contributed by atoms with E-state index in [-0.39, 0.29) is 18.4 Å². The van der Waals surface area contributed by atoms with Gasteiger partial charge in [-0.05, 0) is 49.7 Å². The molecule has 0 aliphatic carbocycles. The van der Waals surface area contributed by atoms with Crippen molar-refractivity contribution in [3.05, 3.63) is 54.1 Å². The smallest absolute Gasteiger partial charge is 0.321 e. The number of carbonyl (C=O) groups excluding carboxylic acids is 2. The molecule has 9 heteroatoms. The Labute approximate surface area is 191 Å². The van der Waals surface area contributed by atoms with Gasteiger partial charge in [0.1, 0.15) is 10.8 Å². The summed E-state index contributed by atoms with van der Waals surface area (Å²) in [6.07, 6.45) is 0.962. The normalized spacial score (nSPS) is 10.5. The lowest BCUT2D eigenvalue weighted by molar-refractivity contribution is -0.116. The Kier molecular flexibility index (Phi) is 8.15. The van der Waals surface area contributed by atoms with Crippen LogP contribution in [0.25, 0.3) is 10.6 Å². The maximum Gasteiger partial charge on any atom is 0.321 e. The van der Waals surface area contributed by atoms with Crippen LogP contribution in [-0.2, 0) is 4.79 Å². The van der Waals surface area contributed by atoms with Gasteiger partial charge in [-0.1, -0.05) is 36.0 Å². The van der Waals surface area contributed by atoms with Crippen LogP contribution in [0.5, 0.6) is 5.75 Å². The van der Waals surface area contributed by atoms with Crippen molar-refractivity contribution in [2.45, 2.75) is 26.7 Å². The highest BCUT2D eigenvalue weighted by atomic mass is 32.1. The Morgan fingerprint density at radius 1 is 1.00 bits per heavy atom. The minimum atomic E-state index is -0.221. The summed E-state index contributed by atoms with van der Waals surface area (Å²) >= 11 is 1.29. The summed E-state index contributed by atoms with van der Waals surface area (Å²) < 4.78 is 5.16.